The molecule has 0 aliphatic carbocycles. The maximum absolute atomic E-state index is 12.2. The number of fused-ring (bicyclic) bond motifs is 1. The first kappa shape index (κ1) is 19.5. The van der Waals surface area contributed by atoms with E-state index in [1.807, 2.05) is 0 Å². The zero-order chi connectivity index (χ0) is 20.5. The van der Waals surface area contributed by atoms with Gasteiger partial charge in [0.2, 0.25) is 10.0 Å². The quantitative estimate of drug-likeness (QED) is 0.625. The monoisotopic (exact) mass is 403 g/mol. The van der Waals surface area contributed by atoms with Crippen molar-refractivity contribution in [3.8, 4) is 0 Å². The third kappa shape index (κ3) is 4.17. The number of sulfonamides is 1. The van der Waals surface area contributed by atoms with Gasteiger partial charge in [0.15, 0.2) is 5.71 Å². The molecular weight excluding hydrogens is 386 g/mol. The number of carbonyl (C=O) groups excluding carboxylic acids is 2. The van der Waals surface area contributed by atoms with E-state index in [1.165, 1.54) is 41.5 Å². The lowest BCUT2D eigenvalue weighted by molar-refractivity contribution is -0.110. The van der Waals surface area contributed by atoms with Crippen molar-refractivity contribution in [1.29, 1.82) is 0 Å². The van der Waals surface area contributed by atoms with Crippen LogP contribution in [0.1, 0.15) is 15.9 Å². The summed E-state index contributed by atoms with van der Waals surface area (Å²) in [6.45, 7) is 0. The third-order valence-electron chi connectivity index (χ3n) is 3.72. The van der Waals surface area contributed by atoms with Crippen LogP contribution in [0, 0.1) is 0 Å². The fraction of sp³-hybridized carbons (Fsp3) is 0.118. The fourth-order valence-corrected chi connectivity index (χ4v) is 2.96. The maximum atomic E-state index is 12.2. The number of benzene rings is 2. The third-order valence-corrected chi connectivity index (χ3v) is 4.65. The minimum atomic E-state index is -3.80. The summed E-state index contributed by atoms with van der Waals surface area (Å²) in [5, 5.41) is 13.0. The van der Waals surface area contributed by atoms with Crippen LogP contribution >= 0.6 is 0 Å². The van der Waals surface area contributed by atoms with E-state index >= 15 is 0 Å². The number of hydrazone groups is 1. The Kier molecular flexibility index (Phi) is 5.14. The molecule has 0 atom stereocenters. The highest BCUT2D eigenvalue weighted by molar-refractivity contribution is 7.89. The van der Waals surface area contributed by atoms with Crippen molar-refractivity contribution in [3.63, 3.8) is 0 Å². The second-order valence-electron chi connectivity index (χ2n) is 6.05. The Balaban J connectivity index is 1.85. The van der Waals surface area contributed by atoms with Gasteiger partial charge in [-0.1, -0.05) is 0 Å². The standard InChI is InChI=1S/C17H17N5O5S/c1-22(2)27-17(24)10-3-8-14-13(9-10)15(16(23)19-14)21-20-11-4-6-12(7-5-11)28(18,25)26/h3-9,20H,1-2H3,(H2,18,25,26)(H,19,21,23). The molecule has 146 valence electrons. The first-order chi connectivity index (χ1) is 13.1. The number of primary sulfonamides is 1. The summed E-state index contributed by atoms with van der Waals surface area (Å²) in [5.74, 6) is -1.01. The minimum absolute atomic E-state index is 0.0429. The van der Waals surface area contributed by atoms with Crippen LogP contribution in [0.3, 0.4) is 0 Å². The highest BCUT2D eigenvalue weighted by atomic mass is 32.2. The molecule has 0 radical (unpaired) electrons. The van der Waals surface area contributed by atoms with Crippen LogP contribution in [0.25, 0.3) is 0 Å². The predicted molar refractivity (Wildman–Crippen MR) is 102 cm³/mol. The van der Waals surface area contributed by atoms with Gasteiger partial charge >= 0.3 is 5.97 Å². The largest absolute Gasteiger partial charge is 0.364 e. The molecule has 1 amide bonds. The molecule has 0 saturated heterocycles. The van der Waals surface area contributed by atoms with Crippen LogP contribution in [-0.4, -0.2) is 45.2 Å². The molecule has 0 aromatic heterocycles. The van der Waals surface area contributed by atoms with E-state index in [2.05, 4.69) is 15.8 Å². The number of carbonyl (C=O) groups is 2. The summed E-state index contributed by atoms with van der Waals surface area (Å²) in [5.41, 5.74) is 4.41. The molecule has 4 N–H and O–H groups in total. The van der Waals surface area contributed by atoms with Crippen molar-refractivity contribution in [2.75, 3.05) is 24.8 Å². The lowest BCUT2D eigenvalue weighted by Crippen LogP contribution is -2.19. The Labute approximate surface area is 161 Å². The van der Waals surface area contributed by atoms with Gasteiger partial charge in [-0.3, -0.25) is 10.2 Å². The topological polar surface area (TPSA) is 143 Å². The zero-order valence-corrected chi connectivity index (χ0v) is 15.8. The molecule has 0 saturated carbocycles. The van der Waals surface area contributed by atoms with E-state index in [-0.39, 0.29) is 16.2 Å². The van der Waals surface area contributed by atoms with E-state index in [0.717, 1.165) is 0 Å². The Hall–Kier alpha value is -3.28. The zero-order valence-electron chi connectivity index (χ0n) is 15.0. The molecule has 2 aromatic carbocycles. The first-order valence-corrected chi connectivity index (χ1v) is 9.52. The Morgan fingerprint density at radius 2 is 1.86 bits per heavy atom. The van der Waals surface area contributed by atoms with Gasteiger partial charge in [-0.25, -0.2) is 18.4 Å². The molecule has 0 fully saturated rings. The van der Waals surface area contributed by atoms with Gasteiger partial charge in [0.25, 0.3) is 5.91 Å². The number of nitrogens with two attached hydrogens (primary N) is 1. The van der Waals surface area contributed by atoms with Crippen LogP contribution in [-0.2, 0) is 19.7 Å². The van der Waals surface area contributed by atoms with Crippen LogP contribution < -0.4 is 15.9 Å². The summed E-state index contributed by atoms with van der Waals surface area (Å²) < 4.78 is 22.6. The van der Waals surface area contributed by atoms with Crippen molar-refractivity contribution in [2.24, 2.45) is 10.2 Å². The maximum Gasteiger partial charge on any atom is 0.357 e. The van der Waals surface area contributed by atoms with Crippen molar-refractivity contribution >= 4 is 39.0 Å². The summed E-state index contributed by atoms with van der Waals surface area (Å²) in [6, 6.07) is 10.2. The number of nitrogens with zero attached hydrogens (tertiary/aromatic N) is 2. The van der Waals surface area contributed by atoms with Crippen LogP contribution in [0.4, 0.5) is 11.4 Å². The van der Waals surface area contributed by atoms with Gasteiger partial charge in [0.1, 0.15) is 0 Å². The predicted octanol–water partition coefficient (Wildman–Crippen LogP) is 0.736. The number of anilines is 2. The summed E-state index contributed by atoms with van der Waals surface area (Å²) >= 11 is 0. The van der Waals surface area contributed by atoms with Gasteiger partial charge in [-0.2, -0.15) is 5.10 Å². The van der Waals surface area contributed by atoms with Crippen molar-refractivity contribution < 1.29 is 22.8 Å². The number of hydroxylamine groups is 2. The number of amides is 1. The van der Waals surface area contributed by atoms with E-state index in [9.17, 15) is 18.0 Å². The van der Waals surface area contributed by atoms with Gasteiger partial charge in [-0.05, 0) is 42.5 Å². The highest BCUT2D eigenvalue weighted by Crippen LogP contribution is 2.25. The van der Waals surface area contributed by atoms with Crippen LogP contribution in [0.2, 0.25) is 0 Å². The van der Waals surface area contributed by atoms with E-state index in [4.69, 9.17) is 9.98 Å². The molecule has 3 rings (SSSR count). The molecule has 1 heterocycles. The van der Waals surface area contributed by atoms with E-state index in [0.29, 0.717) is 16.9 Å². The van der Waals surface area contributed by atoms with Crippen LogP contribution in [0.5, 0.6) is 0 Å². The molecule has 11 heteroatoms. The van der Waals surface area contributed by atoms with E-state index < -0.39 is 21.9 Å². The molecular formula is C17H17N5O5S. The fourth-order valence-electron chi connectivity index (χ4n) is 2.45. The molecule has 0 unspecified atom stereocenters. The van der Waals surface area contributed by atoms with E-state index in [1.54, 1.807) is 20.2 Å². The lowest BCUT2D eigenvalue weighted by atomic mass is 10.1. The van der Waals surface area contributed by atoms with Gasteiger partial charge in [-0.15, -0.1) is 5.06 Å². The van der Waals surface area contributed by atoms with Gasteiger partial charge in [0, 0.05) is 19.7 Å². The molecule has 10 nitrogen and oxygen atoms in total. The summed E-state index contributed by atoms with van der Waals surface area (Å²) in [6.07, 6.45) is 0. The second kappa shape index (κ2) is 7.38. The smallest absolute Gasteiger partial charge is 0.357 e. The number of rotatable bonds is 5. The molecule has 0 bridgehead atoms. The minimum Gasteiger partial charge on any atom is -0.364 e. The highest BCUT2D eigenvalue weighted by Gasteiger charge is 2.27. The average Bonchev–Trinajstić information content (AvgIpc) is 2.93. The van der Waals surface area contributed by atoms with Gasteiger partial charge < -0.3 is 10.2 Å². The lowest BCUT2D eigenvalue weighted by Gasteiger charge is -2.10. The Bertz CT molecular complexity index is 1080. The molecule has 1 aliphatic rings. The van der Waals surface area contributed by atoms with Crippen molar-refractivity contribution in [3.05, 3.63) is 53.6 Å². The number of nitrogens with one attached hydrogen (secondary N) is 2. The number of hydrogen-bond acceptors (Lipinski definition) is 8. The summed E-state index contributed by atoms with van der Waals surface area (Å²) in [4.78, 5) is 29.2. The SMILES string of the molecule is CN(C)OC(=O)c1ccc2c(c1)C(=NNc1ccc(S(N)(=O)=O)cc1)C(=O)N2. The molecule has 0 spiro atoms. The Morgan fingerprint density at radius 3 is 2.46 bits per heavy atom. The molecule has 28 heavy (non-hydrogen) atoms. The Morgan fingerprint density at radius 1 is 1.18 bits per heavy atom. The van der Waals surface area contributed by atoms with Crippen molar-refractivity contribution in [1.82, 2.24) is 5.06 Å². The average molecular weight is 403 g/mol. The summed E-state index contributed by atoms with van der Waals surface area (Å²) in [7, 11) is -0.640. The number of hydrogen-bond donors (Lipinski definition) is 3. The first-order valence-electron chi connectivity index (χ1n) is 7.97. The molecule has 1 aliphatic heterocycles. The molecule has 2 aromatic rings. The van der Waals surface area contributed by atoms with Crippen molar-refractivity contribution in [2.45, 2.75) is 4.90 Å². The van der Waals surface area contributed by atoms with Crippen LogP contribution in [0.15, 0.2) is 52.5 Å². The normalized spacial score (nSPS) is 14.7. The second-order valence-corrected chi connectivity index (χ2v) is 7.61. The van der Waals surface area contributed by atoms with Gasteiger partial charge in [0.05, 0.1) is 21.8 Å².